The zero-order valence-corrected chi connectivity index (χ0v) is 13.0. The SMILES string of the molecule is CCC1SCC(C(=O)O)N1C(=O)c1cc(Cl)ccc1Cl. The number of hydrogen-bond acceptors (Lipinski definition) is 3. The first-order chi connectivity index (χ1) is 9.45. The lowest BCUT2D eigenvalue weighted by Gasteiger charge is -2.27. The van der Waals surface area contributed by atoms with E-state index in [0.717, 1.165) is 0 Å². The predicted octanol–water partition coefficient (Wildman–Crippen LogP) is 3.37. The number of amides is 1. The maximum Gasteiger partial charge on any atom is 0.327 e. The van der Waals surface area contributed by atoms with E-state index in [0.29, 0.717) is 17.2 Å². The van der Waals surface area contributed by atoms with E-state index in [-0.39, 0.29) is 21.9 Å². The number of nitrogens with zero attached hydrogens (tertiary/aromatic N) is 1. The highest BCUT2D eigenvalue weighted by Crippen LogP contribution is 2.34. The topological polar surface area (TPSA) is 57.6 Å². The predicted molar refractivity (Wildman–Crippen MR) is 80.6 cm³/mol. The van der Waals surface area contributed by atoms with Crippen molar-refractivity contribution < 1.29 is 14.7 Å². The number of thioether (sulfide) groups is 1. The largest absolute Gasteiger partial charge is 0.480 e. The van der Waals surface area contributed by atoms with Crippen LogP contribution in [0.3, 0.4) is 0 Å². The highest BCUT2D eigenvalue weighted by molar-refractivity contribution is 8.00. The van der Waals surface area contributed by atoms with Crippen molar-refractivity contribution in [3.8, 4) is 0 Å². The summed E-state index contributed by atoms with van der Waals surface area (Å²) in [7, 11) is 0. The van der Waals surface area contributed by atoms with Crippen LogP contribution >= 0.6 is 35.0 Å². The highest BCUT2D eigenvalue weighted by Gasteiger charge is 2.41. The Kier molecular flexibility index (Phi) is 4.83. The second-order valence-electron chi connectivity index (χ2n) is 4.39. The van der Waals surface area contributed by atoms with Crippen LogP contribution in [0.5, 0.6) is 0 Å². The summed E-state index contributed by atoms with van der Waals surface area (Å²) in [5.41, 5.74) is 0.242. The Balaban J connectivity index is 2.38. The summed E-state index contributed by atoms with van der Waals surface area (Å²) in [5, 5.41) is 9.76. The Labute approximate surface area is 131 Å². The van der Waals surface area contributed by atoms with Crippen LogP contribution in [0.25, 0.3) is 0 Å². The maximum absolute atomic E-state index is 12.6. The van der Waals surface area contributed by atoms with Crippen molar-refractivity contribution in [3.05, 3.63) is 33.8 Å². The molecule has 2 atom stereocenters. The molecule has 1 aliphatic heterocycles. The number of carbonyl (C=O) groups is 2. The summed E-state index contributed by atoms with van der Waals surface area (Å²) in [4.78, 5) is 25.3. The Morgan fingerprint density at radius 2 is 2.15 bits per heavy atom. The summed E-state index contributed by atoms with van der Waals surface area (Å²) in [6, 6.07) is 3.77. The average molecular weight is 334 g/mol. The van der Waals surface area contributed by atoms with Gasteiger partial charge in [-0.15, -0.1) is 11.8 Å². The van der Waals surface area contributed by atoms with Crippen LogP contribution in [0, 0.1) is 0 Å². The number of aliphatic carboxylic acids is 1. The van der Waals surface area contributed by atoms with Gasteiger partial charge in [0.15, 0.2) is 0 Å². The van der Waals surface area contributed by atoms with E-state index < -0.39 is 12.0 Å². The number of carboxylic acids is 1. The molecule has 1 aliphatic rings. The molecule has 1 saturated heterocycles. The molecule has 7 heteroatoms. The van der Waals surface area contributed by atoms with Crippen molar-refractivity contribution in [1.82, 2.24) is 4.90 Å². The van der Waals surface area contributed by atoms with E-state index in [1.807, 2.05) is 6.92 Å². The van der Waals surface area contributed by atoms with Crippen molar-refractivity contribution in [2.45, 2.75) is 24.8 Å². The summed E-state index contributed by atoms with van der Waals surface area (Å²) >= 11 is 13.4. The van der Waals surface area contributed by atoms with Crippen LogP contribution in [-0.4, -0.2) is 39.1 Å². The Bertz CT molecular complexity index is 552. The number of halogens is 2. The Hall–Kier alpha value is -0.910. The maximum atomic E-state index is 12.6. The van der Waals surface area contributed by atoms with Crippen LogP contribution < -0.4 is 0 Å². The molecule has 0 radical (unpaired) electrons. The van der Waals surface area contributed by atoms with E-state index in [9.17, 15) is 14.7 Å². The normalized spacial score (nSPS) is 22.1. The molecule has 2 unspecified atom stereocenters. The van der Waals surface area contributed by atoms with Crippen molar-refractivity contribution in [2.75, 3.05) is 5.75 Å². The fraction of sp³-hybridized carbons (Fsp3) is 0.385. The molecule has 1 aromatic rings. The van der Waals surface area contributed by atoms with Crippen molar-refractivity contribution >= 4 is 46.8 Å². The zero-order chi connectivity index (χ0) is 14.9. The molecule has 20 heavy (non-hydrogen) atoms. The third-order valence-corrected chi connectivity index (χ3v) is 5.14. The first-order valence-electron chi connectivity index (χ1n) is 6.07. The summed E-state index contributed by atoms with van der Waals surface area (Å²) in [6.07, 6.45) is 0.679. The van der Waals surface area contributed by atoms with E-state index in [1.54, 1.807) is 6.07 Å². The van der Waals surface area contributed by atoms with E-state index in [4.69, 9.17) is 23.2 Å². The molecular weight excluding hydrogens is 321 g/mol. The van der Waals surface area contributed by atoms with Crippen LogP contribution in [0.15, 0.2) is 18.2 Å². The van der Waals surface area contributed by atoms with Crippen LogP contribution in [-0.2, 0) is 4.79 Å². The quantitative estimate of drug-likeness (QED) is 0.921. The molecule has 1 aromatic carbocycles. The van der Waals surface area contributed by atoms with E-state index in [1.165, 1.54) is 28.8 Å². The van der Waals surface area contributed by atoms with Gasteiger partial charge in [-0.05, 0) is 24.6 Å². The van der Waals surface area contributed by atoms with E-state index >= 15 is 0 Å². The fourth-order valence-electron chi connectivity index (χ4n) is 2.14. The third kappa shape index (κ3) is 2.90. The smallest absolute Gasteiger partial charge is 0.327 e. The molecule has 0 bridgehead atoms. The Morgan fingerprint density at radius 1 is 1.45 bits per heavy atom. The molecule has 4 nitrogen and oxygen atoms in total. The minimum absolute atomic E-state index is 0.154. The number of rotatable bonds is 3. The van der Waals surface area contributed by atoms with Gasteiger partial charge >= 0.3 is 5.97 Å². The summed E-state index contributed by atoms with van der Waals surface area (Å²) < 4.78 is 0. The van der Waals surface area contributed by atoms with Crippen molar-refractivity contribution in [1.29, 1.82) is 0 Å². The fourth-order valence-corrected chi connectivity index (χ4v) is 3.86. The molecule has 2 rings (SSSR count). The van der Waals surface area contributed by atoms with Gasteiger partial charge in [0.2, 0.25) is 0 Å². The van der Waals surface area contributed by atoms with Gasteiger partial charge in [-0.25, -0.2) is 4.79 Å². The van der Waals surface area contributed by atoms with Gasteiger partial charge in [0, 0.05) is 10.8 Å². The minimum Gasteiger partial charge on any atom is -0.480 e. The van der Waals surface area contributed by atoms with Gasteiger partial charge in [0.1, 0.15) is 6.04 Å². The van der Waals surface area contributed by atoms with E-state index in [2.05, 4.69) is 0 Å². The number of benzene rings is 1. The van der Waals surface area contributed by atoms with Crippen LogP contribution in [0.2, 0.25) is 10.0 Å². The van der Waals surface area contributed by atoms with Gasteiger partial charge in [-0.2, -0.15) is 0 Å². The minimum atomic E-state index is -1.00. The lowest BCUT2D eigenvalue weighted by Crippen LogP contribution is -2.45. The van der Waals surface area contributed by atoms with Gasteiger partial charge < -0.3 is 10.0 Å². The second kappa shape index (κ2) is 6.24. The van der Waals surface area contributed by atoms with Crippen molar-refractivity contribution in [3.63, 3.8) is 0 Å². The lowest BCUT2D eigenvalue weighted by atomic mass is 10.1. The highest BCUT2D eigenvalue weighted by atomic mass is 35.5. The van der Waals surface area contributed by atoms with Gasteiger partial charge in [0.25, 0.3) is 5.91 Å². The molecule has 1 fully saturated rings. The third-order valence-electron chi connectivity index (χ3n) is 3.12. The van der Waals surface area contributed by atoms with Crippen LogP contribution in [0.4, 0.5) is 0 Å². The number of hydrogen-bond donors (Lipinski definition) is 1. The molecule has 0 saturated carbocycles. The number of carbonyl (C=O) groups excluding carboxylic acids is 1. The lowest BCUT2D eigenvalue weighted by molar-refractivity contribution is -0.141. The first-order valence-corrected chi connectivity index (χ1v) is 7.88. The standard InChI is InChI=1S/C13H13Cl2NO3S/c1-2-11-16(10(6-20-11)13(18)19)12(17)8-5-7(14)3-4-9(8)15/h3-5,10-11H,2,6H2,1H3,(H,18,19). The van der Waals surface area contributed by atoms with Gasteiger partial charge in [-0.1, -0.05) is 30.1 Å². The molecule has 1 heterocycles. The van der Waals surface area contributed by atoms with Gasteiger partial charge in [0.05, 0.1) is 16.0 Å². The summed E-state index contributed by atoms with van der Waals surface area (Å²) in [5.74, 6) is -1.00. The zero-order valence-electron chi connectivity index (χ0n) is 10.7. The van der Waals surface area contributed by atoms with Gasteiger partial charge in [-0.3, -0.25) is 4.79 Å². The second-order valence-corrected chi connectivity index (χ2v) is 6.44. The molecule has 108 valence electrons. The average Bonchev–Trinajstić information content (AvgIpc) is 2.84. The number of carboxylic acid groups (broad SMARTS) is 1. The first kappa shape index (κ1) is 15.5. The Morgan fingerprint density at radius 3 is 2.75 bits per heavy atom. The molecular formula is C13H13Cl2NO3S. The molecule has 0 aliphatic carbocycles. The van der Waals surface area contributed by atoms with Crippen molar-refractivity contribution in [2.24, 2.45) is 0 Å². The molecule has 1 N–H and O–H groups in total. The molecule has 0 spiro atoms. The summed E-state index contributed by atoms with van der Waals surface area (Å²) in [6.45, 7) is 1.92. The molecule has 0 aromatic heterocycles. The monoisotopic (exact) mass is 333 g/mol. The van der Waals surface area contributed by atoms with Crippen LogP contribution in [0.1, 0.15) is 23.7 Å². The molecule has 1 amide bonds.